The van der Waals surface area contributed by atoms with Gasteiger partial charge in [-0.1, -0.05) is 45.0 Å². The van der Waals surface area contributed by atoms with E-state index < -0.39 is 17.7 Å². The first-order valence-corrected chi connectivity index (χ1v) is 13.7. The maximum absolute atomic E-state index is 13.6. The number of aliphatic hydroxyl groups excluding tert-OH is 1. The Hall–Kier alpha value is -4.10. The second-order valence-electron chi connectivity index (χ2n) is 11.8. The molecule has 2 heterocycles. The molecule has 2 N–H and O–H groups in total. The van der Waals surface area contributed by atoms with E-state index in [9.17, 15) is 19.8 Å². The summed E-state index contributed by atoms with van der Waals surface area (Å²) in [5.74, 6) is -1.56. The van der Waals surface area contributed by atoms with Crippen LogP contribution in [0.5, 0.6) is 5.75 Å². The molecule has 208 valence electrons. The molecule has 2 saturated heterocycles. The topological polar surface area (TPSA) is 84.3 Å². The molecular formula is C33H37N3O4. The fourth-order valence-corrected chi connectivity index (χ4v) is 5.45. The van der Waals surface area contributed by atoms with Crippen LogP contribution in [0.15, 0.2) is 72.3 Å². The van der Waals surface area contributed by atoms with Crippen LogP contribution in [0.3, 0.4) is 0 Å². The van der Waals surface area contributed by atoms with Crippen LogP contribution in [0.4, 0.5) is 11.4 Å². The molecule has 2 fully saturated rings. The van der Waals surface area contributed by atoms with Gasteiger partial charge in [0.05, 0.1) is 11.6 Å². The van der Waals surface area contributed by atoms with Gasteiger partial charge in [-0.2, -0.15) is 0 Å². The molecule has 2 aliphatic heterocycles. The van der Waals surface area contributed by atoms with Crippen molar-refractivity contribution >= 4 is 28.8 Å². The molecule has 1 unspecified atom stereocenters. The molecule has 0 aromatic heterocycles. The molecule has 3 aromatic carbocycles. The number of piperazine rings is 1. The van der Waals surface area contributed by atoms with E-state index in [0.717, 1.165) is 43.0 Å². The lowest BCUT2D eigenvalue weighted by molar-refractivity contribution is -0.132. The lowest BCUT2D eigenvalue weighted by atomic mass is 9.84. The van der Waals surface area contributed by atoms with Crippen molar-refractivity contribution in [2.24, 2.45) is 0 Å². The third kappa shape index (κ3) is 5.09. The van der Waals surface area contributed by atoms with E-state index in [1.165, 1.54) is 17.0 Å². The van der Waals surface area contributed by atoms with Crippen LogP contribution in [-0.2, 0) is 15.0 Å². The van der Waals surface area contributed by atoms with Crippen molar-refractivity contribution in [3.05, 3.63) is 94.6 Å². The number of ketones is 1. The molecule has 0 bridgehead atoms. The second kappa shape index (κ2) is 10.5. The van der Waals surface area contributed by atoms with Gasteiger partial charge in [-0.3, -0.25) is 14.5 Å². The summed E-state index contributed by atoms with van der Waals surface area (Å²) in [6, 6.07) is 19.1. The van der Waals surface area contributed by atoms with Crippen LogP contribution >= 0.6 is 0 Å². The van der Waals surface area contributed by atoms with Gasteiger partial charge >= 0.3 is 0 Å². The first-order chi connectivity index (χ1) is 19.0. The fraction of sp³-hybridized carbons (Fsp3) is 0.333. The number of likely N-dealkylation sites (N-methyl/N-ethyl adjacent to an activating group) is 1. The SMILES string of the molecule is Cc1ccc(C(C)(C)C)cc1/C(O)=C1\C(=O)C(=O)N(c2ccc(N3CCN(C)CC3)cc2)C1c1ccc(O)cc1. The Balaban J connectivity index is 1.62. The van der Waals surface area contributed by atoms with Crippen LogP contribution in [0.1, 0.15) is 49.1 Å². The number of amides is 1. The number of rotatable bonds is 4. The molecule has 0 aliphatic carbocycles. The predicted molar refractivity (Wildman–Crippen MR) is 159 cm³/mol. The number of aliphatic hydroxyl groups is 1. The van der Waals surface area contributed by atoms with Gasteiger partial charge in [0.15, 0.2) is 0 Å². The molecule has 2 aliphatic rings. The number of carbonyl (C=O) groups excluding carboxylic acids is 2. The van der Waals surface area contributed by atoms with Crippen LogP contribution < -0.4 is 9.80 Å². The molecular weight excluding hydrogens is 502 g/mol. The van der Waals surface area contributed by atoms with Gasteiger partial charge < -0.3 is 20.0 Å². The van der Waals surface area contributed by atoms with Crippen LogP contribution in [0.25, 0.3) is 5.76 Å². The maximum atomic E-state index is 13.6. The number of phenols is 1. The molecule has 7 heteroatoms. The third-order valence-electron chi connectivity index (χ3n) is 8.01. The minimum absolute atomic E-state index is 0.0352. The summed E-state index contributed by atoms with van der Waals surface area (Å²) in [6.07, 6.45) is 0. The highest BCUT2D eigenvalue weighted by molar-refractivity contribution is 6.51. The van der Waals surface area contributed by atoms with Crippen molar-refractivity contribution in [1.82, 2.24) is 4.90 Å². The van der Waals surface area contributed by atoms with Gasteiger partial charge in [0.2, 0.25) is 0 Å². The van der Waals surface area contributed by atoms with Gasteiger partial charge in [0.25, 0.3) is 11.7 Å². The van der Waals surface area contributed by atoms with Gasteiger partial charge in [-0.15, -0.1) is 0 Å². The number of hydrogen-bond donors (Lipinski definition) is 2. The Bertz CT molecular complexity index is 1460. The average Bonchev–Trinajstić information content (AvgIpc) is 3.19. The van der Waals surface area contributed by atoms with Crippen molar-refractivity contribution in [2.45, 2.75) is 39.2 Å². The highest BCUT2D eigenvalue weighted by Crippen LogP contribution is 2.43. The zero-order valence-corrected chi connectivity index (χ0v) is 23.8. The standard InChI is InChI=1S/C33H37N3O4/c1-21-6-9-23(33(2,3)4)20-27(21)30(38)28-29(22-7-14-26(37)15-8-22)36(32(40)31(28)39)25-12-10-24(11-13-25)35-18-16-34(5)17-19-35/h6-15,20,29,37-38H,16-19H2,1-5H3/b30-28+. The number of anilines is 2. The molecule has 0 spiro atoms. The Labute approximate surface area is 236 Å². The number of Topliss-reactive ketones (excluding diaryl/α,β-unsaturated/α-hetero) is 1. The molecule has 1 amide bonds. The monoisotopic (exact) mass is 539 g/mol. The Morgan fingerprint density at radius 1 is 0.850 bits per heavy atom. The first-order valence-electron chi connectivity index (χ1n) is 13.7. The lowest BCUT2D eigenvalue weighted by Crippen LogP contribution is -2.44. The minimum Gasteiger partial charge on any atom is -0.508 e. The van der Waals surface area contributed by atoms with Crippen molar-refractivity contribution < 1.29 is 19.8 Å². The summed E-state index contributed by atoms with van der Waals surface area (Å²) >= 11 is 0. The van der Waals surface area contributed by atoms with Gasteiger partial charge in [-0.25, -0.2) is 0 Å². The zero-order chi connectivity index (χ0) is 28.8. The summed E-state index contributed by atoms with van der Waals surface area (Å²) in [5.41, 5.74) is 4.45. The smallest absolute Gasteiger partial charge is 0.300 e. The fourth-order valence-electron chi connectivity index (χ4n) is 5.45. The second-order valence-corrected chi connectivity index (χ2v) is 11.8. The van der Waals surface area contributed by atoms with Crippen molar-refractivity contribution in [3.63, 3.8) is 0 Å². The van der Waals surface area contributed by atoms with E-state index in [1.807, 2.05) is 49.4 Å². The number of hydrogen-bond acceptors (Lipinski definition) is 6. The normalized spacial score (nSPS) is 19.9. The van der Waals surface area contributed by atoms with Gasteiger partial charge in [-0.05, 0) is 78.5 Å². The van der Waals surface area contributed by atoms with Crippen molar-refractivity contribution in [2.75, 3.05) is 43.0 Å². The minimum atomic E-state index is -0.854. The lowest BCUT2D eigenvalue weighted by Gasteiger charge is -2.34. The number of aryl methyl sites for hydroxylation is 1. The summed E-state index contributed by atoms with van der Waals surface area (Å²) in [5, 5.41) is 21.6. The maximum Gasteiger partial charge on any atom is 0.300 e. The summed E-state index contributed by atoms with van der Waals surface area (Å²) in [7, 11) is 2.11. The van der Waals surface area contributed by atoms with Crippen molar-refractivity contribution in [1.29, 1.82) is 0 Å². The summed E-state index contributed by atoms with van der Waals surface area (Å²) in [4.78, 5) is 33.3. The number of benzene rings is 3. The van der Waals surface area contributed by atoms with Gasteiger partial charge in [0, 0.05) is 43.1 Å². The molecule has 0 saturated carbocycles. The Morgan fingerprint density at radius 3 is 2.05 bits per heavy atom. The number of carbonyl (C=O) groups is 2. The predicted octanol–water partition coefficient (Wildman–Crippen LogP) is 5.38. The molecule has 7 nitrogen and oxygen atoms in total. The third-order valence-corrected chi connectivity index (χ3v) is 8.01. The summed E-state index contributed by atoms with van der Waals surface area (Å²) < 4.78 is 0. The molecule has 5 rings (SSSR count). The van der Waals surface area contributed by atoms with Gasteiger partial charge in [0.1, 0.15) is 11.5 Å². The molecule has 3 aromatic rings. The zero-order valence-electron chi connectivity index (χ0n) is 23.8. The number of nitrogens with zero attached hydrogens (tertiary/aromatic N) is 3. The quantitative estimate of drug-likeness (QED) is 0.263. The Kier molecular flexibility index (Phi) is 7.19. The van der Waals surface area contributed by atoms with Crippen molar-refractivity contribution in [3.8, 4) is 5.75 Å². The summed E-state index contributed by atoms with van der Waals surface area (Å²) in [6.45, 7) is 11.9. The molecule has 0 radical (unpaired) electrons. The highest BCUT2D eigenvalue weighted by Gasteiger charge is 2.47. The van der Waals surface area contributed by atoms with E-state index in [0.29, 0.717) is 16.8 Å². The average molecular weight is 540 g/mol. The van der Waals surface area contributed by atoms with E-state index in [2.05, 4.69) is 37.6 Å². The largest absolute Gasteiger partial charge is 0.508 e. The van der Waals surface area contributed by atoms with E-state index in [1.54, 1.807) is 12.1 Å². The molecule has 40 heavy (non-hydrogen) atoms. The number of phenolic OH excluding ortho intramolecular Hbond substituents is 1. The van der Waals surface area contributed by atoms with E-state index >= 15 is 0 Å². The van der Waals surface area contributed by atoms with Crippen LogP contribution in [-0.4, -0.2) is 60.0 Å². The Morgan fingerprint density at radius 2 is 1.45 bits per heavy atom. The number of aromatic hydroxyl groups is 1. The van der Waals surface area contributed by atoms with E-state index in [-0.39, 0.29) is 22.5 Å². The van der Waals surface area contributed by atoms with E-state index in [4.69, 9.17) is 0 Å². The van der Waals surface area contributed by atoms with Crippen LogP contribution in [0, 0.1) is 6.92 Å². The molecule has 1 atom stereocenters. The first kappa shape index (κ1) is 27.5. The van der Waals surface area contributed by atoms with Crippen LogP contribution in [0.2, 0.25) is 0 Å². The highest BCUT2D eigenvalue weighted by atomic mass is 16.3.